The number of aromatic amines is 1. The van der Waals surface area contributed by atoms with Gasteiger partial charge in [-0.3, -0.25) is 14.6 Å². The van der Waals surface area contributed by atoms with Crippen LogP contribution >= 0.6 is 0 Å². The molecule has 10 nitrogen and oxygen atoms in total. The van der Waals surface area contributed by atoms with Gasteiger partial charge < -0.3 is 19.8 Å². The second kappa shape index (κ2) is 12.4. The van der Waals surface area contributed by atoms with E-state index in [9.17, 15) is 14.4 Å². The molecular formula is C41H49N5O5. The van der Waals surface area contributed by atoms with Crippen LogP contribution in [0.5, 0.6) is 0 Å². The van der Waals surface area contributed by atoms with Crippen LogP contribution in [0.15, 0.2) is 54.6 Å². The molecule has 268 valence electrons. The van der Waals surface area contributed by atoms with Crippen molar-refractivity contribution in [2.24, 2.45) is 0 Å². The summed E-state index contributed by atoms with van der Waals surface area (Å²) in [6, 6.07) is 18.3. The number of rotatable bonds is 4. The molecule has 10 heteroatoms. The Kier molecular flexibility index (Phi) is 8.42. The summed E-state index contributed by atoms with van der Waals surface area (Å²) in [6.45, 7) is 16.7. The first kappa shape index (κ1) is 34.6. The van der Waals surface area contributed by atoms with E-state index in [0.717, 1.165) is 58.4 Å². The summed E-state index contributed by atoms with van der Waals surface area (Å²) in [5.41, 5.74) is 7.86. The minimum Gasteiger partial charge on any atom is -0.444 e. The zero-order valence-corrected chi connectivity index (χ0v) is 31.0. The number of carbonyl (C=O) groups is 3. The van der Waals surface area contributed by atoms with Crippen molar-refractivity contribution in [3.63, 3.8) is 0 Å². The predicted octanol–water partition coefficient (Wildman–Crippen LogP) is 8.95. The predicted molar refractivity (Wildman–Crippen MR) is 199 cm³/mol. The van der Waals surface area contributed by atoms with E-state index in [2.05, 4.69) is 66.6 Å². The van der Waals surface area contributed by atoms with Crippen LogP contribution in [-0.2, 0) is 19.7 Å². The van der Waals surface area contributed by atoms with E-state index in [4.69, 9.17) is 14.5 Å². The lowest BCUT2D eigenvalue weighted by Gasteiger charge is -2.28. The number of H-pyrrole nitrogens is 1. The molecule has 2 aliphatic heterocycles. The number of carbonyl (C=O) groups excluding carboxylic acids is 3. The van der Waals surface area contributed by atoms with Gasteiger partial charge in [0.1, 0.15) is 23.1 Å². The van der Waals surface area contributed by atoms with Crippen molar-refractivity contribution < 1.29 is 23.9 Å². The van der Waals surface area contributed by atoms with Gasteiger partial charge >= 0.3 is 12.2 Å². The third-order valence-electron chi connectivity index (χ3n) is 10.2. The van der Waals surface area contributed by atoms with Crippen LogP contribution < -0.4 is 5.32 Å². The first-order chi connectivity index (χ1) is 24.0. The van der Waals surface area contributed by atoms with E-state index in [0.29, 0.717) is 25.2 Å². The molecule has 4 aromatic rings. The molecule has 0 spiro atoms. The maximum atomic E-state index is 13.5. The van der Waals surface area contributed by atoms with Crippen molar-refractivity contribution in [3.8, 4) is 22.3 Å². The normalized spacial score (nSPS) is 19.6. The molecule has 3 aliphatic rings. The number of likely N-dealkylation sites (tertiary alicyclic amines) is 2. The smallest absolute Gasteiger partial charge is 0.410 e. The van der Waals surface area contributed by atoms with Crippen LogP contribution in [0.3, 0.4) is 0 Å². The lowest BCUT2D eigenvalue weighted by Crippen LogP contribution is -2.45. The van der Waals surface area contributed by atoms with Crippen molar-refractivity contribution in [2.45, 2.75) is 110 Å². The Labute approximate surface area is 299 Å². The lowest BCUT2D eigenvalue weighted by molar-refractivity contribution is -0.120. The van der Waals surface area contributed by atoms with E-state index in [-0.39, 0.29) is 23.5 Å². The van der Waals surface area contributed by atoms with Gasteiger partial charge in [0.05, 0.1) is 17.1 Å². The van der Waals surface area contributed by atoms with Gasteiger partial charge in [-0.15, -0.1) is 0 Å². The number of ether oxygens (including phenoxy) is 2. The average Bonchev–Trinajstić information content (AvgIpc) is 3.84. The van der Waals surface area contributed by atoms with Crippen molar-refractivity contribution in [2.75, 3.05) is 18.4 Å². The van der Waals surface area contributed by atoms with Crippen LogP contribution in [0.1, 0.15) is 104 Å². The average molecular weight is 692 g/mol. The van der Waals surface area contributed by atoms with Crippen molar-refractivity contribution in [3.05, 3.63) is 71.5 Å². The summed E-state index contributed by atoms with van der Waals surface area (Å²) in [7, 11) is 0. The Bertz CT molecular complexity index is 2030. The Morgan fingerprint density at radius 3 is 2.08 bits per heavy atom. The summed E-state index contributed by atoms with van der Waals surface area (Å²) >= 11 is 0. The number of amides is 3. The molecule has 1 aliphatic carbocycles. The summed E-state index contributed by atoms with van der Waals surface area (Å²) in [5.74, 6) is 0.584. The van der Waals surface area contributed by atoms with Crippen LogP contribution in [-0.4, -0.2) is 68.2 Å². The first-order valence-electron chi connectivity index (χ1n) is 18.1. The van der Waals surface area contributed by atoms with Gasteiger partial charge in [-0.1, -0.05) is 38.1 Å². The molecule has 51 heavy (non-hydrogen) atoms. The molecule has 0 unspecified atom stereocenters. The standard InChI is InChI=1S/C41H49N5O5/c1-39(2,3)50-37(48)45-19-9-11-33(45)35-43-31-18-14-25(22-32(31)44-35)24-13-16-27-28-17-15-26(23-30(28)41(7,8)29(27)21-24)42-36(47)34-12-10-20-46(34)38(49)51-40(4,5)6/h13-18,21-23,33-34H,9-12,19-20H2,1-8H3,(H,42,47)(H,43,44)/t33-,34-/m0/s1. The topological polar surface area (TPSA) is 117 Å². The van der Waals surface area contributed by atoms with Gasteiger partial charge in [-0.25, -0.2) is 14.6 Å². The Morgan fingerprint density at radius 1 is 0.784 bits per heavy atom. The molecule has 2 fully saturated rings. The Hall–Kier alpha value is -4.86. The molecule has 2 saturated heterocycles. The van der Waals surface area contributed by atoms with Crippen molar-refractivity contribution in [1.82, 2.24) is 19.8 Å². The first-order valence-corrected chi connectivity index (χ1v) is 18.1. The Morgan fingerprint density at radius 2 is 1.37 bits per heavy atom. The van der Waals surface area contributed by atoms with Crippen molar-refractivity contribution in [1.29, 1.82) is 0 Å². The third-order valence-corrected chi connectivity index (χ3v) is 10.2. The van der Waals surface area contributed by atoms with Crippen LogP contribution in [0, 0.1) is 0 Å². The molecule has 2 N–H and O–H groups in total. The Balaban J connectivity index is 1.10. The second-order valence-corrected chi connectivity index (χ2v) is 16.7. The van der Waals surface area contributed by atoms with Gasteiger partial charge in [0.15, 0.2) is 0 Å². The van der Waals surface area contributed by atoms with Crippen molar-refractivity contribution >= 4 is 34.8 Å². The fraction of sp³-hybridized carbons (Fsp3) is 0.463. The highest BCUT2D eigenvalue weighted by molar-refractivity contribution is 5.98. The highest BCUT2D eigenvalue weighted by atomic mass is 16.6. The number of aromatic nitrogens is 2. The highest BCUT2D eigenvalue weighted by Crippen LogP contribution is 2.50. The number of fused-ring (bicyclic) bond motifs is 4. The zero-order valence-electron chi connectivity index (χ0n) is 31.0. The van der Waals surface area contributed by atoms with Gasteiger partial charge in [0.25, 0.3) is 0 Å². The number of nitrogens with one attached hydrogen (secondary N) is 2. The zero-order chi connectivity index (χ0) is 36.5. The molecule has 2 atom stereocenters. The number of anilines is 1. The summed E-state index contributed by atoms with van der Waals surface area (Å²) in [6.07, 6.45) is 2.34. The quantitative estimate of drug-likeness (QED) is 0.221. The highest BCUT2D eigenvalue weighted by Gasteiger charge is 2.39. The largest absolute Gasteiger partial charge is 0.444 e. The van der Waals surface area contributed by atoms with E-state index < -0.39 is 23.3 Å². The summed E-state index contributed by atoms with van der Waals surface area (Å²) in [4.78, 5) is 50.9. The summed E-state index contributed by atoms with van der Waals surface area (Å²) < 4.78 is 11.3. The van der Waals surface area contributed by atoms with E-state index in [1.54, 1.807) is 9.80 Å². The van der Waals surface area contributed by atoms with E-state index in [1.807, 2.05) is 53.7 Å². The van der Waals surface area contributed by atoms with Crippen LogP contribution in [0.4, 0.5) is 15.3 Å². The second-order valence-electron chi connectivity index (χ2n) is 16.7. The molecule has 7 rings (SSSR count). The SMILES string of the molecule is CC(C)(C)OC(=O)N1CCC[C@H]1C(=O)Nc1ccc2c(c1)C(C)(C)c1cc(-c3ccc4nc([C@@H]5CCCN5C(=O)OC(C)(C)C)[nH]c4c3)ccc1-2. The minimum absolute atomic E-state index is 0.147. The van der Waals surface area contributed by atoms with Gasteiger partial charge in [0, 0.05) is 24.2 Å². The van der Waals surface area contributed by atoms with E-state index in [1.165, 1.54) is 11.1 Å². The molecule has 1 aromatic heterocycles. The molecular weight excluding hydrogens is 642 g/mol. The van der Waals surface area contributed by atoms with Crippen LogP contribution in [0.2, 0.25) is 0 Å². The number of hydrogen-bond acceptors (Lipinski definition) is 6. The van der Waals surface area contributed by atoms with Gasteiger partial charge in [0.2, 0.25) is 5.91 Å². The minimum atomic E-state index is -0.626. The fourth-order valence-corrected chi connectivity index (χ4v) is 7.76. The summed E-state index contributed by atoms with van der Waals surface area (Å²) in [5, 5.41) is 3.09. The van der Waals surface area contributed by atoms with Gasteiger partial charge in [-0.05, 0) is 131 Å². The molecule has 0 radical (unpaired) electrons. The fourth-order valence-electron chi connectivity index (χ4n) is 7.76. The van der Waals surface area contributed by atoms with Crippen LogP contribution in [0.25, 0.3) is 33.3 Å². The molecule has 3 aromatic carbocycles. The lowest BCUT2D eigenvalue weighted by atomic mass is 9.81. The number of imidazole rings is 1. The molecule has 3 heterocycles. The maximum absolute atomic E-state index is 13.5. The number of nitrogens with zero attached hydrogens (tertiary/aromatic N) is 3. The molecule has 0 saturated carbocycles. The monoisotopic (exact) mass is 691 g/mol. The van der Waals surface area contributed by atoms with E-state index >= 15 is 0 Å². The maximum Gasteiger partial charge on any atom is 0.410 e. The van der Waals surface area contributed by atoms with Gasteiger partial charge in [-0.2, -0.15) is 0 Å². The molecule has 0 bridgehead atoms. The molecule has 3 amide bonds. The number of benzene rings is 3. The third kappa shape index (κ3) is 6.68. The number of hydrogen-bond donors (Lipinski definition) is 2.